The summed E-state index contributed by atoms with van der Waals surface area (Å²) in [4.78, 5) is 11.2. The number of nitrogens with two attached hydrogens (primary N) is 1. The van der Waals surface area contributed by atoms with E-state index in [0.29, 0.717) is 10.6 Å². The zero-order valence-corrected chi connectivity index (χ0v) is 10.8. The predicted octanol–water partition coefficient (Wildman–Crippen LogP) is 3.26. The van der Waals surface area contributed by atoms with Crippen LogP contribution >= 0.6 is 11.6 Å². The normalized spacial score (nSPS) is 10.5. The molecule has 0 bridgehead atoms. The molecule has 98 valence electrons. The Hall–Kier alpha value is -2.07. The van der Waals surface area contributed by atoms with Gasteiger partial charge in [0.2, 0.25) is 0 Å². The molecule has 0 aromatic heterocycles. The van der Waals surface area contributed by atoms with Crippen LogP contribution in [-0.4, -0.2) is 11.0 Å². The van der Waals surface area contributed by atoms with E-state index in [1.165, 1.54) is 24.3 Å². The summed E-state index contributed by atoms with van der Waals surface area (Å²) in [7, 11) is 0. The number of carbonyl (C=O) groups excluding carboxylic acids is 1. The van der Waals surface area contributed by atoms with E-state index < -0.39 is 11.7 Å². The van der Waals surface area contributed by atoms with Gasteiger partial charge in [-0.15, -0.1) is 0 Å². The fraction of sp³-hybridized carbons (Fsp3) is 0.0714. The van der Waals surface area contributed by atoms with Gasteiger partial charge in [0, 0.05) is 16.1 Å². The van der Waals surface area contributed by atoms with Gasteiger partial charge >= 0.3 is 0 Å². The molecule has 0 spiro atoms. The van der Waals surface area contributed by atoms with E-state index in [2.05, 4.69) is 0 Å². The Kier molecular flexibility index (Phi) is 3.44. The number of primary amides is 1. The second kappa shape index (κ2) is 4.90. The highest BCUT2D eigenvalue weighted by atomic mass is 35.5. The summed E-state index contributed by atoms with van der Waals surface area (Å²) in [6.07, 6.45) is 0. The standard InChI is InChI=1S/C14H11ClFNO2/c1-7-2-4-10(14(17)19)13(16)12(7)9-5-3-8(15)6-11(9)18/h2-6,18H,1H3,(H2,17,19). The fourth-order valence-corrected chi connectivity index (χ4v) is 2.08. The zero-order valence-electron chi connectivity index (χ0n) is 10.1. The second-order valence-electron chi connectivity index (χ2n) is 4.14. The van der Waals surface area contributed by atoms with Crippen molar-refractivity contribution in [1.82, 2.24) is 0 Å². The van der Waals surface area contributed by atoms with Crippen molar-refractivity contribution in [2.75, 3.05) is 0 Å². The van der Waals surface area contributed by atoms with Crippen LogP contribution in [0.5, 0.6) is 5.75 Å². The summed E-state index contributed by atoms with van der Waals surface area (Å²) in [6.45, 7) is 1.68. The van der Waals surface area contributed by atoms with Crippen LogP contribution in [0.2, 0.25) is 5.02 Å². The first-order chi connectivity index (χ1) is 8.91. The molecule has 0 unspecified atom stereocenters. The Labute approximate surface area is 114 Å². The molecule has 0 saturated heterocycles. The Morgan fingerprint density at radius 2 is 2.00 bits per heavy atom. The van der Waals surface area contributed by atoms with Crippen molar-refractivity contribution in [1.29, 1.82) is 0 Å². The van der Waals surface area contributed by atoms with E-state index in [-0.39, 0.29) is 22.4 Å². The average molecular weight is 280 g/mol. The van der Waals surface area contributed by atoms with Gasteiger partial charge in [0.1, 0.15) is 11.6 Å². The lowest BCUT2D eigenvalue weighted by Gasteiger charge is -2.12. The number of carbonyl (C=O) groups is 1. The first-order valence-electron chi connectivity index (χ1n) is 5.49. The van der Waals surface area contributed by atoms with Crippen LogP contribution in [0.3, 0.4) is 0 Å². The molecule has 0 heterocycles. The van der Waals surface area contributed by atoms with Crippen molar-refractivity contribution in [2.24, 2.45) is 5.73 Å². The van der Waals surface area contributed by atoms with Gasteiger partial charge < -0.3 is 10.8 Å². The summed E-state index contributed by atoms with van der Waals surface area (Å²) in [6, 6.07) is 7.24. The number of rotatable bonds is 2. The number of phenolic OH excluding ortho intramolecular Hbond substituents is 1. The number of hydrogen-bond acceptors (Lipinski definition) is 2. The quantitative estimate of drug-likeness (QED) is 0.886. The van der Waals surface area contributed by atoms with Crippen molar-refractivity contribution in [2.45, 2.75) is 6.92 Å². The monoisotopic (exact) mass is 279 g/mol. The van der Waals surface area contributed by atoms with Crippen LogP contribution < -0.4 is 5.73 Å². The third-order valence-electron chi connectivity index (χ3n) is 2.84. The van der Waals surface area contributed by atoms with Crippen LogP contribution in [0.4, 0.5) is 4.39 Å². The van der Waals surface area contributed by atoms with Crippen molar-refractivity contribution in [3.05, 3.63) is 52.3 Å². The van der Waals surface area contributed by atoms with Gasteiger partial charge in [-0.2, -0.15) is 0 Å². The van der Waals surface area contributed by atoms with E-state index in [0.717, 1.165) is 0 Å². The molecule has 0 aliphatic rings. The lowest BCUT2D eigenvalue weighted by atomic mass is 9.96. The number of aryl methyl sites for hydroxylation is 1. The molecule has 3 nitrogen and oxygen atoms in total. The van der Waals surface area contributed by atoms with Crippen molar-refractivity contribution >= 4 is 17.5 Å². The highest BCUT2D eigenvalue weighted by molar-refractivity contribution is 6.30. The third kappa shape index (κ3) is 2.39. The lowest BCUT2D eigenvalue weighted by Crippen LogP contribution is -2.14. The van der Waals surface area contributed by atoms with E-state index in [1.54, 1.807) is 13.0 Å². The summed E-state index contributed by atoms with van der Waals surface area (Å²) in [5.74, 6) is -1.76. The number of halogens is 2. The minimum absolute atomic E-state index is 0.144. The van der Waals surface area contributed by atoms with E-state index in [4.69, 9.17) is 17.3 Å². The summed E-state index contributed by atoms with van der Waals surface area (Å²) in [5.41, 5.74) is 5.89. The summed E-state index contributed by atoms with van der Waals surface area (Å²) < 4.78 is 14.3. The molecule has 2 rings (SSSR count). The van der Waals surface area contributed by atoms with Crippen molar-refractivity contribution in [3.63, 3.8) is 0 Å². The second-order valence-corrected chi connectivity index (χ2v) is 4.58. The number of phenols is 1. The van der Waals surface area contributed by atoms with Gasteiger partial charge in [0.05, 0.1) is 5.56 Å². The number of aromatic hydroxyl groups is 1. The van der Waals surface area contributed by atoms with Gasteiger partial charge in [-0.1, -0.05) is 17.7 Å². The molecule has 1 amide bonds. The van der Waals surface area contributed by atoms with E-state index in [1.807, 2.05) is 0 Å². The molecule has 0 aliphatic heterocycles. The zero-order chi connectivity index (χ0) is 14.2. The molecule has 0 fully saturated rings. The molecule has 0 radical (unpaired) electrons. The van der Waals surface area contributed by atoms with Gasteiger partial charge in [-0.3, -0.25) is 4.79 Å². The first-order valence-corrected chi connectivity index (χ1v) is 5.87. The van der Waals surface area contributed by atoms with Crippen LogP contribution in [0.1, 0.15) is 15.9 Å². The maximum absolute atomic E-state index is 14.3. The Bertz CT molecular complexity index is 671. The molecule has 0 saturated carbocycles. The summed E-state index contributed by atoms with van der Waals surface area (Å²) >= 11 is 5.74. The molecular weight excluding hydrogens is 269 g/mol. The van der Waals surface area contributed by atoms with Crippen LogP contribution in [0, 0.1) is 12.7 Å². The molecule has 2 aromatic carbocycles. The van der Waals surface area contributed by atoms with E-state index >= 15 is 0 Å². The van der Waals surface area contributed by atoms with Gasteiger partial charge in [0.15, 0.2) is 0 Å². The highest BCUT2D eigenvalue weighted by Gasteiger charge is 2.18. The molecule has 19 heavy (non-hydrogen) atoms. The molecule has 2 aromatic rings. The van der Waals surface area contributed by atoms with Gasteiger partial charge in [-0.05, 0) is 36.8 Å². The molecule has 3 N–H and O–H groups in total. The fourth-order valence-electron chi connectivity index (χ4n) is 1.91. The van der Waals surface area contributed by atoms with Crippen LogP contribution in [0.25, 0.3) is 11.1 Å². The molecule has 0 aliphatic carbocycles. The van der Waals surface area contributed by atoms with Crippen molar-refractivity contribution in [3.8, 4) is 16.9 Å². The van der Waals surface area contributed by atoms with Crippen LogP contribution in [-0.2, 0) is 0 Å². The minimum Gasteiger partial charge on any atom is -0.507 e. The SMILES string of the molecule is Cc1ccc(C(N)=O)c(F)c1-c1ccc(Cl)cc1O. The van der Waals surface area contributed by atoms with Crippen molar-refractivity contribution < 1.29 is 14.3 Å². The minimum atomic E-state index is -0.854. The van der Waals surface area contributed by atoms with Crippen LogP contribution in [0.15, 0.2) is 30.3 Å². The Morgan fingerprint density at radius 3 is 2.58 bits per heavy atom. The highest BCUT2D eigenvalue weighted by Crippen LogP contribution is 2.36. The Balaban J connectivity index is 2.74. The van der Waals surface area contributed by atoms with Gasteiger partial charge in [0.25, 0.3) is 5.91 Å². The predicted molar refractivity (Wildman–Crippen MR) is 71.8 cm³/mol. The number of benzene rings is 2. The summed E-state index contributed by atoms with van der Waals surface area (Å²) in [5, 5.41) is 10.2. The first kappa shape index (κ1) is 13.4. The largest absolute Gasteiger partial charge is 0.507 e. The molecule has 5 heteroatoms. The van der Waals surface area contributed by atoms with Gasteiger partial charge in [-0.25, -0.2) is 4.39 Å². The maximum Gasteiger partial charge on any atom is 0.251 e. The Morgan fingerprint density at radius 1 is 1.32 bits per heavy atom. The smallest absolute Gasteiger partial charge is 0.251 e. The van der Waals surface area contributed by atoms with E-state index in [9.17, 15) is 14.3 Å². The average Bonchev–Trinajstić information content (AvgIpc) is 2.31. The lowest BCUT2D eigenvalue weighted by molar-refractivity contribution is 0.0996. The molecular formula is C14H11ClFNO2. The number of amides is 1. The maximum atomic E-state index is 14.3. The number of hydrogen-bond donors (Lipinski definition) is 2. The topological polar surface area (TPSA) is 63.3 Å². The molecule has 0 atom stereocenters. The third-order valence-corrected chi connectivity index (χ3v) is 3.08.